The van der Waals surface area contributed by atoms with E-state index in [2.05, 4.69) is 67.3 Å². The van der Waals surface area contributed by atoms with Crippen molar-refractivity contribution in [1.29, 1.82) is 0 Å². The van der Waals surface area contributed by atoms with Gasteiger partial charge in [-0.2, -0.15) is 0 Å². The topological polar surface area (TPSA) is 17.8 Å². The molecule has 0 spiro atoms. The quantitative estimate of drug-likeness (QED) is 0.763. The molecule has 0 saturated heterocycles. The van der Waals surface area contributed by atoms with E-state index < -0.39 is 8.07 Å². The van der Waals surface area contributed by atoms with Gasteiger partial charge in [0.05, 0.1) is 0 Å². The fourth-order valence-corrected chi connectivity index (χ4v) is 3.78. The van der Waals surface area contributed by atoms with E-state index in [-0.39, 0.29) is 0 Å². The Labute approximate surface area is 111 Å². The van der Waals surface area contributed by atoms with Gasteiger partial charge in [0, 0.05) is 25.7 Å². The third kappa shape index (κ3) is 2.90. The molecule has 0 saturated carbocycles. The van der Waals surface area contributed by atoms with Crippen LogP contribution < -0.4 is 0 Å². The lowest BCUT2D eigenvalue weighted by molar-refractivity contribution is 0.918. The van der Waals surface area contributed by atoms with Crippen molar-refractivity contribution in [1.82, 2.24) is 9.55 Å². The van der Waals surface area contributed by atoms with Crippen LogP contribution in [0.5, 0.6) is 0 Å². The van der Waals surface area contributed by atoms with Gasteiger partial charge in [-0.25, -0.2) is 4.98 Å². The Balaban J connectivity index is 2.39. The molecular weight excluding hydrogens is 236 g/mol. The van der Waals surface area contributed by atoms with Crippen molar-refractivity contribution in [2.75, 3.05) is 0 Å². The molecule has 2 rings (SSSR count). The standard InChI is InChI=1S/C15H22N2Si/c1-12-6-7-13(2)17(12)15-10-14(8-9-16-15)11-18(3,4)5/h6-10H,11H2,1-5H3. The minimum Gasteiger partial charge on any atom is -0.303 e. The second-order valence-corrected chi connectivity index (χ2v) is 11.7. The van der Waals surface area contributed by atoms with Crippen molar-refractivity contribution < 1.29 is 0 Å². The molecule has 0 amide bonds. The minimum atomic E-state index is -1.07. The first-order chi connectivity index (χ1) is 8.37. The van der Waals surface area contributed by atoms with Crippen LogP contribution in [0.2, 0.25) is 19.6 Å². The van der Waals surface area contributed by atoms with Gasteiger partial charge in [-0.05, 0) is 49.7 Å². The van der Waals surface area contributed by atoms with Crippen LogP contribution in [0.1, 0.15) is 17.0 Å². The zero-order valence-electron chi connectivity index (χ0n) is 12.0. The smallest absolute Gasteiger partial charge is 0.137 e. The molecule has 2 nitrogen and oxygen atoms in total. The molecule has 18 heavy (non-hydrogen) atoms. The van der Waals surface area contributed by atoms with Gasteiger partial charge >= 0.3 is 0 Å². The van der Waals surface area contributed by atoms with Crippen molar-refractivity contribution in [3.63, 3.8) is 0 Å². The largest absolute Gasteiger partial charge is 0.303 e. The fraction of sp³-hybridized carbons (Fsp3) is 0.400. The highest BCUT2D eigenvalue weighted by Gasteiger charge is 2.14. The third-order valence-corrected chi connectivity index (χ3v) is 4.51. The van der Waals surface area contributed by atoms with Crippen molar-refractivity contribution in [3.8, 4) is 5.82 Å². The summed E-state index contributed by atoms with van der Waals surface area (Å²) >= 11 is 0. The first-order valence-corrected chi connectivity index (χ1v) is 10.2. The monoisotopic (exact) mass is 258 g/mol. The SMILES string of the molecule is Cc1ccc(C)n1-c1cc(C[Si](C)(C)C)ccn1. The van der Waals surface area contributed by atoms with E-state index in [0.717, 1.165) is 5.82 Å². The maximum Gasteiger partial charge on any atom is 0.137 e. The molecule has 2 aromatic heterocycles. The number of aromatic nitrogens is 2. The fourth-order valence-electron chi connectivity index (χ4n) is 2.34. The lowest BCUT2D eigenvalue weighted by Gasteiger charge is -2.16. The molecule has 0 aromatic carbocycles. The van der Waals surface area contributed by atoms with E-state index in [9.17, 15) is 0 Å². The highest BCUT2D eigenvalue weighted by Crippen LogP contribution is 2.17. The van der Waals surface area contributed by atoms with Crippen LogP contribution in [-0.2, 0) is 6.04 Å². The Morgan fingerprint density at radius 3 is 2.22 bits per heavy atom. The van der Waals surface area contributed by atoms with Gasteiger partial charge in [-0.15, -0.1) is 0 Å². The van der Waals surface area contributed by atoms with Gasteiger partial charge in [0.1, 0.15) is 5.82 Å². The number of hydrogen-bond acceptors (Lipinski definition) is 1. The highest BCUT2D eigenvalue weighted by molar-refractivity contribution is 6.75. The summed E-state index contributed by atoms with van der Waals surface area (Å²) in [5, 5.41) is 0. The van der Waals surface area contributed by atoms with E-state index in [1.54, 1.807) is 0 Å². The summed E-state index contributed by atoms with van der Waals surface area (Å²) in [5.74, 6) is 1.05. The Morgan fingerprint density at radius 1 is 1.06 bits per heavy atom. The summed E-state index contributed by atoms with van der Waals surface area (Å²) in [6.07, 6.45) is 1.93. The second-order valence-electron chi connectivity index (χ2n) is 6.21. The lowest BCUT2D eigenvalue weighted by Crippen LogP contribution is -2.24. The molecule has 0 radical (unpaired) electrons. The van der Waals surface area contributed by atoms with Crippen LogP contribution in [0.4, 0.5) is 0 Å². The van der Waals surface area contributed by atoms with E-state index in [1.807, 2.05) is 6.20 Å². The van der Waals surface area contributed by atoms with E-state index in [0.29, 0.717) is 0 Å². The number of pyridine rings is 1. The summed E-state index contributed by atoms with van der Waals surface area (Å²) < 4.78 is 2.22. The first-order valence-electron chi connectivity index (χ1n) is 6.47. The average Bonchev–Trinajstić information content (AvgIpc) is 2.56. The van der Waals surface area contributed by atoms with Crippen molar-refractivity contribution in [2.24, 2.45) is 0 Å². The zero-order chi connectivity index (χ0) is 13.3. The third-order valence-electron chi connectivity index (χ3n) is 3.04. The second kappa shape index (κ2) is 4.73. The molecule has 0 atom stereocenters. The number of aryl methyl sites for hydroxylation is 2. The molecule has 0 aliphatic heterocycles. The first kappa shape index (κ1) is 13.1. The molecular formula is C15H22N2Si. The number of hydrogen-bond donors (Lipinski definition) is 0. The predicted molar refractivity (Wildman–Crippen MR) is 80.1 cm³/mol. The number of nitrogens with zero attached hydrogens (tertiary/aromatic N) is 2. The van der Waals surface area contributed by atoms with Gasteiger partial charge in [0.2, 0.25) is 0 Å². The summed E-state index contributed by atoms with van der Waals surface area (Å²) in [6.45, 7) is 11.5. The molecule has 0 aliphatic carbocycles. The normalized spacial score (nSPS) is 11.8. The molecule has 0 aliphatic rings. The van der Waals surface area contributed by atoms with Gasteiger partial charge in [-0.3, -0.25) is 0 Å². The van der Waals surface area contributed by atoms with Gasteiger partial charge < -0.3 is 4.57 Å². The predicted octanol–water partition coefficient (Wildman–Crippen LogP) is 3.91. The average molecular weight is 258 g/mol. The minimum absolute atomic E-state index is 1.05. The van der Waals surface area contributed by atoms with Gasteiger partial charge in [0.25, 0.3) is 0 Å². The maximum absolute atomic E-state index is 4.51. The van der Waals surface area contributed by atoms with Gasteiger partial charge in [-0.1, -0.05) is 19.6 Å². The lowest BCUT2D eigenvalue weighted by atomic mass is 10.3. The molecule has 0 unspecified atom stereocenters. The summed E-state index contributed by atoms with van der Waals surface area (Å²) in [4.78, 5) is 4.51. The highest BCUT2D eigenvalue weighted by atomic mass is 28.3. The molecule has 96 valence electrons. The molecule has 2 heterocycles. The van der Waals surface area contributed by atoms with Crippen LogP contribution in [-0.4, -0.2) is 17.6 Å². The molecule has 3 heteroatoms. The Hall–Kier alpha value is -1.35. The molecule has 2 aromatic rings. The zero-order valence-corrected chi connectivity index (χ0v) is 13.0. The maximum atomic E-state index is 4.51. The Kier molecular flexibility index (Phi) is 3.44. The van der Waals surface area contributed by atoms with Crippen LogP contribution in [0.25, 0.3) is 5.82 Å². The molecule has 0 fully saturated rings. The van der Waals surface area contributed by atoms with Crippen molar-refractivity contribution in [3.05, 3.63) is 47.4 Å². The van der Waals surface area contributed by atoms with Crippen LogP contribution >= 0.6 is 0 Å². The Bertz CT molecular complexity index is 530. The molecule has 0 bridgehead atoms. The summed E-state index contributed by atoms with van der Waals surface area (Å²) in [7, 11) is -1.07. The van der Waals surface area contributed by atoms with Crippen molar-refractivity contribution >= 4 is 8.07 Å². The molecule has 0 N–H and O–H groups in total. The summed E-state index contributed by atoms with van der Waals surface area (Å²) in [5.41, 5.74) is 3.89. The Morgan fingerprint density at radius 2 is 1.67 bits per heavy atom. The van der Waals surface area contributed by atoms with E-state index in [1.165, 1.54) is 23.0 Å². The van der Waals surface area contributed by atoms with Crippen LogP contribution in [0, 0.1) is 13.8 Å². The van der Waals surface area contributed by atoms with E-state index in [4.69, 9.17) is 0 Å². The van der Waals surface area contributed by atoms with Crippen LogP contribution in [0.15, 0.2) is 30.5 Å². The van der Waals surface area contributed by atoms with Gasteiger partial charge in [0.15, 0.2) is 0 Å². The van der Waals surface area contributed by atoms with Crippen molar-refractivity contribution in [2.45, 2.75) is 39.5 Å². The summed E-state index contributed by atoms with van der Waals surface area (Å²) in [6, 6.07) is 9.88. The number of rotatable bonds is 3. The van der Waals surface area contributed by atoms with Crippen LogP contribution in [0.3, 0.4) is 0 Å². The van der Waals surface area contributed by atoms with E-state index >= 15 is 0 Å².